The lowest BCUT2D eigenvalue weighted by atomic mass is 10.2. The summed E-state index contributed by atoms with van der Waals surface area (Å²) in [5.74, 6) is 2.40. The van der Waals surface area contributed by atoms with Gasteiger partial charge >= 0.3 is 0 Å². The molecule has 0 amide bonds. The summed E-state index contributed by atoms with van der Waals surface area (Å²) in [5, 5.41) is 3.41. The van der Waals surface area contributed by atoms with E-state index in [1.165, 1.54) is 5.56 Å². The van der Waals surface area contributed by atoms with E-state index in [1.54, 1.807) is 6.20 Å². The molecule has 150 valence electrons. The summed E-state index contributed by atoms with van der Waals surface area (Å²) < 4.78 is 0. The lowest BCUT2D eigenvalue weighted by molar-refractivity contribution is 0.811. The van der Waals surface area contributed by atoms with E-state index in [0.29, 0.717) is 12.4 Å². The first-order chi connectivity index (χ1) is 14.8. The van der Waals surface area contributed by atoms with Crippen LogP contribution < -0.4 is 10.2 Å². The third kappa shape index (κ3) is 5.00. The van der Waals surface area contributed by atoms with Gasteiger partial charge in [-0.15, -0.1) is 0 Å². The van der Waals surface area contributed by atoms with Crippen molar-refractivity contribution in [1.82, 2.24) is 15.0 Å². The number of aromatic nitrogens is 3. The number of hydrogen-bond acceptors (Lipinski definition) is 5. The molecule has 0 aliphatic heterocycles. The van der Waals surface area contributed by atoms with E-state index in [-0.39, 0.29) is 0 Å². The fourth-order valence-corrected chi connectivity index (χ4v) is 3.25. The first kappa shape index (κ1) is 19.6. The van der Waals surface area contributed by atoms with Crippen LogP contribution in [0.3, 0.4) is 0 Å². The average molecular weight is 396 g/mol. The normalized spacial score (nSPS) is 10.6. The molecule has 4 aromatic rings. The molecule has 1 N–H and O–H groups in total. The van der Waals surface area contributed by atoms with Gasteiger partial charge in [0.25, 0.3) is 0 Å². The highest BCUT2D eigenvalue weighted by atomic mass is 15.2. The van der Waals surface area contributed by atoms with Gasteiger partial charge < -0.3 is 10.2 Å². The molecular weight excluding hydrogens is 370 g/mol. The van der Waals surface area contributed by atoms with Gasteiger partial charge in [0.15, 0.2) is 5.82 Å². The second kappa shape index (κ2) is 9.65. The molecule has 0 aliphatic rings. The molecule has 4 rings (SSSR count). The van der Waals surface area contributed by atoms with Gasteiger partial charge in [0.1, 0.15) is 11.6 Å². The molecular formula is C25H25N5. The maximum absolute atomic E-state index is 4.89. The molecule has 0 atom stereocenters. The smallest absolute Gasteiger partial charge is 0.163 e. The van der Waals surface area contributed by atoms with E-state index in [1.807, 2.05) is 60.7 Å². The van der Waals surface area contributed by atoms with Gasteiger partial charge in [-0.25, -0.2) is 9.97 Å². The zero-order valence-electron chi connectivity index (χ0n) is 17.1. The Balaban J connectivity index is 1.65. The van der Waals surface area contributed by atoms with Gasteiger partial charge in [-0.3, -0.25) is 4.98 Å². The topological polar surface area (TPSA) is 53.9 Å². The van der Waals surface area contributed by atoms with Gasteiger partial charge in [-0.1, -0.05) is 66.7 Å². The fraction of sp³-hybridized carbons (Fsp3) is 0.160. The van der Waals surface area contributed by atoms with Crippen LogP contribution in [0.25, 0.3) is 11.4 Å². The van der Waals surface area contributed by atoms with Crippen LogP contribution in [0.15, 0.2) is 91.1 Å². The average Bonchev–Trinajstić information content (AvgIpc) is 2.83. The number of benzene rings is 2. The van der Waals surface area contributed by atoms with Crippen molar-refractivity contribution in [1.29, 1.82) is 0 Å². The van der Waals surface area contributed by atoms with Crippen molar-refractivity contribution >= 4 is 11.6 Å². The monoisotopic (exact) mass is 395 g/mol. The van der Waals surface area contributed by atoms with Crippen LogP contribution in [-0.2, 0) is 13.1 Å². The zero-order chi connectivity index (χ0) is 20.6. The van der Waals surface area contributed by atoms with Crippen LogP contribution in [0.4, 0.5) is 11.6 Å². The van der Waals surface area contributed by atoms with Crippen molar-refractivity contribution in [3.05, 3.63) is 102 Å². The molecule has 5 nitrogen and oxygen atoms in total. The largest absolute Gasteiger partial charge is 0.364 e. The Morgan fingerprint density at radius 3 is 2.27 bits per heavy atom. The summed E-state index contributed by atoms with van der Waals surface area (Å²) in [6, 6.07) is 28.5. The van der Waals surface area contributed by atoms with Gasteiger partial charge in [0, 0.05) is 30.9 Å². The third-order valence-electron chi connectivity index (χ3n) is 4.84. The van der Waals surface area contributed by atoms with Crippen LogP contribution in [0.2, 0.25) is 0 Å². The zero-order valence-corrected chi connectivity index (χ0v) is 17.1. The van der Waals surface area contributed by atoms with Crippen molar-refractivity contribution in [3.63, 3.8) is 0 Å². The highest BCUT2D eigenvalue weighted by Crippen LogP contribution is 2.24. The summed E-state index contributed by atoms with van der Waals surface area (Å²) in [6.07, 6.45) is 1.80. The summed E-state index contributed by atoms with van der Waals surface area (Å²) in [6.45, 7) is 4.40. The Bertz CT molecular complexity index is 1050. The minimum absolute atomic E-state index is 0.607. The van der Waals surface area contributed by atoms with Gasteiger partial charge in [0.2, 0.25) is 0 Å². The summed E-state index contributed by atoms with van der Waals surface area (Å²) in [5.41, 5.74) is 3.22. The van der Waals surface area contributed by atoms with E-state index in [2.05, 4.69) is 46.4 Å². The number of hydrogen-bond donors (Lipinski definition) is 1. The molecule has 5 heteroatoms. The van der Waals surface area contributed by atoms with Crippen molar-refractivity contribution in [3.8, 4) is 11.4 Å². The molecule has 0 aliphatic carbocycles. The second-order valence-corrected chi connectivity index (χ2v) is 6.98. The van der Waals surface area contributed by atoms with Crippen molar-refractivity contribution < 1.29 is 0 Å². The van der Waals surface area contributed by atoms with E-state index < -0.39 is 0 Å². The predicted octanol–water partition coefficient (Wildman–Crippen LogP) is 5.18. The SMILES string of the molecule is CCN(Cc1ccccc1)c1cc(NCc2ccccn2)nc(-c2ccccc2)n1. The molecule has 2 aromatic carbocycles. The predicted molar refractivity (Wildman–Crippen MR) is 122 cm³/mol. The minimum atomic E-state index is 0.607. The van der Waals surface area contributed by atoms with E-state index >= 15 is 0 Å². The Hall–Kier alpha value is -3.73. The number of anilines is 2. The summed E-state index contributed by atoms with van der Waals surface area (Å²) in [4.78, 5) is 16.3. The molecule has 0 unspecified atom stereocenters. The van der Waals surface area contributed by atoms with E-state index in [0.717, 1.165) is 36.0 Å². The van der Waals surface area contributed by atoms with Crippen LogP contribution in [0.1, 0.15) is 18.2 Å². The summed E-state index contributed by atoms with van der Waals surface area (Å²) >= 11 is 0. The lowest BCUT2D eigenvalue weighted by Crippen LogP contribution is -2.23. The maximum atomic E-state index is 4.89. The lowest BCUT2D eigenvalue weighted by Gasteiger charge is -2.23. The first-order valence-electron chi connectivity index (χ1n) is 10.2. The van der Waals surface area contributed by atoms with Crippen LogP contribution in [0.5, 0.6) is 0 Å². The first-order valence-corrected chi connectivity index (χ1v) is 10.2. The Morgan fingerprint density at radius 2 is 1.57 bits per heavy atom. The van der Waals surface area contributed by atoms with Gasteiger partial charge in [0.05, 0.1) is 12.2 Å². The molecule has 0 spiro atoms. The highest BCUT2D eigenvalue weighted by Gasteiger charge is 2.12. The quantitative estimate of drug-likeness (QED) is 0.446. The molecule has 0 bridgehead atoms. The van der Waals surface area contributed by atoms with E-state index in [4.69, 9.17) is 9.97 Å². The molecule has 0 saturated heterocycles. The number of pyridine rings is 1. The Kier molecular flexibility index (Phi) is 6.30. The number of nitrogens with one attached hydrogen (secondary N) is 1. The third-order valence-corrected chi connectivity index (χ3v) is 4.84. The van der Waals surface area contributed by atoms with Crippen LogP contribution in [-0.4, -0.2) is 21.5 Å². The maximum Gasteiger partial charge on any atom is 0.163 e. The number of nitrogens with zero attached hydrogens (tertiary/aromatic N) is 4. The second-order valence-electron chi connectivity index (χ2n) is 6.98. The minimum Gasteiger partial charge on any atom is -0.364 e. The van der Waals surface area contributed by atoms with Gasteiger partial charge in [-0.05, 0) is 24.6 Å². The van der Waals surface area contributed by atoms with Gasteiger partial charge in [-0.2, -0.15) is 0 Å². The Morgan fingerprint density at radius 1 is 0.833 bits per heavy atom. The van der Waals surface area contributed by atoms with Crippen molar-refractivity contribution in [2.24, 2.45) is 0 Å². The van der Waals surface area contributed by atoms with Crippen LogP contribution >= 0.6 is 0 Å². The molecule has 0 saturated carbocycles. The molecule has 2 aromatic heterocycles. The molecule has 0 fully saturated rings. The standard InChI is InChI=1S/C25H25N5/c1-2-30(19-20-11-5-3-6-12-20)24-17-23(27-18-22-15-9-10-16-26-22)28-25(29-24)21-13-7-4-8-14-21/h3-17H,2,18-19H2,1H3,(H,27,28,29). The van der Waals surface area contributed by atoms with Crippen molar-refractivity contribution in [2.45, 2.75) is 20.0 Å². The van der Waals surface area contributed by atoms with Crippen molar-refractivity contribution in [2.75, 3.05) is 16.8 Å². The fourth-order valence-electron chi connectivity index (χ4n) is 3.25. The highest BCUT2D eigenvalue weighted by molar-refractivity contribution is 5.61. The van der Waals surface area contributed by atoms with E-state index in [9.17, 15) is 0 Å². The molecule has 2 heterocycles. The van der Waals surface area contributed by atoms with Crippen LogP contribution in [0, 0.1) is 0 Å². The molecule has 0 radical (unpaired) electrons. The summed E-state index contributed by atoms with van der Waals surface area (Å²) in [7, 11) is 0. The number of rotatable bonds is 8. The molecule has 30 heavy (non-hydrogen) atoms. The Labute approximate surface area is 177 Å².